The number of rotatable bonds is 3. The molecule has 1 aromatic rings. The summed E-state index contributed by atoms with van der Waals surface area (Å²) in [5.41, 5.74) is 0.148. The van der Waals surface area contributed by atoms with E-state index in [2.05, 4.69) is 0 Å². The van der Waals surface area contributed by atoms with E-state index in [9.17, 15) is 13.2 Å². The lowest BCUT2D eigenvalue weighted by Gasteiger charge is -2.08. The lowest BCUT2D eigenvalue weighted by atomic mass is 10.2. The largest absolute Gasteiger partial charge is 0.285 e. The number of carbonyl (C=O) groups excluding carboxylic acids is 1. The Morgan fingerprint density at radius 3 is 2.14 bits per heavy atom. The predicted octanol–water partition coefficient (Wildman–Crippen LogP) is 1.38. The van der Waals surface area contributed by atoms with Gasteiger partial charge in [-0.25, -0.2) is 0 Å². The van der Waals surface area contributed by atoms with E-state index < -0.39 is 20.6 Å². The van der Waals surface area contributed by atoms with Crippen molar-refractivity contribution in [1.29, 1.82) is 0 Å². The van der Waals surface area contributed by atoms with E-state index in [0.29, 0.717) is 0 Å². The molecular weight excluding hydrogens is 228 g/mol. The normalized spacial score (nSPS) is 13.6. The standard InChI is InChI=1S/C8H7ClO4S/c9-8(10)7(14(11,12)13)6-4-2-1-3-5-6/h1-5,7H,(H,11,12,13). The Kier molecular flexibility index (Phi) is 3.25. The molecule has 0 amide bonds. The number of carbonyl (C=O) groups is 1. The maximum absolute atomic E-state index is 10.8. The van der Waals surface area contributed by atoms with Crippen molar-refractivity contribution in [2.24, 2.45) is 0 Å². The van der Waals surface area contributed by atoms with Crippen LogP contribution in [0.5, 0.6) is 0 Å². The van der Waals surface area contributed by atoms with Gasteiger partial charge in [-0.2, -0.15) is 8.42 Å². The van der Waals surface area contributed by atoms with Gasteiger partial charge in [0.25, 0.3) is 10.1 Å². The van der Waals surface area contributed by atoms with Gasteiger partial charge in [0.2, 0.25) is 5.24 Å². The van der Waals surface area contributed by atoms with Crippen LogP contribution in [0.1, 0.15) is 10.8 Å². The molecule has 1 atom stereocenters. The fraction of sp³-hybridized carbons (Fsp3) is 0.125. The van der Waals surface area contributed by atoms with E-state index in [1.807, 2.05) is 0 Å². The first kappa shape index (κ1) is 11.2. The Labute approximate surface area is 86.3 Å². The second kappa shape index (κ2) is 4.08. The number of hydrogen-bond donors (Lipinski definition) is 1. The lowest BCUT2D eigenvalue weighted by molar-refractivity contribution is -0.111. The lowest BCUT2D eigenvalue weighted by Crippen LogP contribution is -2.17. The molecule has 0 aromatic heterocycles. The van der Waals surface area contributed by atoms with Crippen LogP contribution in [-0.4, -0.2) is 18.2 Å². The van der Waals surface area contributed by atoms with E-state index in [-0.39, 0.29) is 5.56 Å². The Hall–Kier alpha value is -0.910. The summed E-state index contributed by atoms with van der Waals surface area (Å²) < 4.78 is 30.4. The van der Waals surface area contributed by atoms with Crippen molar-refractivity contribution in [2.75, 3.05) is 0 Å². The average molecular weight is 235 g/mol. The van der Waals surface area contributed by atoms with Gasteiger partial charge in [0, 0.05) is 0 Å². The van der Waals surface area contributed by atoms with Gasteiger partial charge in [0.15, 0.2) is 5.25 Å². The van der Waals surface area contributed by atoms with Gasteiger partial charge in [-0.15, -0.1) is 0 Å². The fourth-order valence-corrected chi connectivity index (χ4v) is 2.25. The summed E-state index contributed by atoms with van der Waals surface area (Å²) in [7, 11) is -4.50. The van der Waals surface area contributed by atoms with Crippen LogP contribution in [0.4, 0.5) is 0 Å². The molecule has 6 heteroatoms. The maximum atomic E-state index is 10.8. The van der Waals surface area contributed by atoms with E-state index in [1.54, 1.807) is 18.2 Å². The van der Waals surface area contributed by atoms with Crippen molar-refractivity contribution in [2.45, 2.75) is 5.25 Å². The van der Waals surface area contributed by atoms with E-state index in [0.717, 1.165) is 0 Å². The Balaban J connectivity index is 3.22. The maximum Gasteiger partial charge on any atom is 0.280 e. The highest BCUT2D eigenvalue weighted by molar-refractivity contribution is 7.87. The topological polar surface area (TPSA) is 71.4 Å². The number of hydrogen-bond acceptors (Lipinski definition) is 3. The number of halogens is 1. The molecule has 0 aliphatic rings. The SMILES string of the molecule is O=C(Cl)C(c1ccccc1)S(=O)(=O)O. The predicted molar refractivity (Wildman–Crippen MR) is 51.6 cm³/mol. The zero-order valence-electron chi connectivity index (χ0n) is 6.92. The zero-order chi connectivity index (χ0) is 10.8. The first-order chi connectivity index (χ1) is 6.43. The molecule has 76 valence electrons. The van der Waals surface area contributed by atoms with Gasteiger partial charge in [-0.3, -0.25) is 9.35 Å². The molecule has 0 aliphatic carbocycles. The van der Waals surface area contributed by atoms with E-state index >= 15 is 0 Å². The van der Waals surface area contributed by atoms with Gasteiger partial charge in [0.1, 0.15) is 0 Å². The Morgan fingerprint density at radius 2 is 1.79 bits per heavy atom. The summed E-state index contributed by atoms with van der Waals surface area (Å²) in [5.74, 6) is 0. The van der Waals surface area contributed by atoms with Crippen molar-refractivity contribution in [3.63, 3.8) is 0 Å². The minimum absolute atomic E-state index is 0.148. The number of benzene rings is 1. The summed E-state index contributed by atoms with van der Waals surface area (Å²) in [6.07, 6.45) is 0. The molecule has 0 saturated heterocycles. The van der Waals surface area contributed by atoms with Crippen molar-refractivity contribution in [3.8, 4) is 0 Å². The first-order valence-corrected chi connectivity index (χ1v) is 5.51. The summed E-state index contributed by atoms with van der Waals surface area (Å²) >= 11 is 5.08. The van der Waals surface area contributed by atoms with Gasteiger partial charge >= 0.3 is 0 Å². The van der Waals surface area contributed by atoms with Crippen molar-refractivity contribution >= 4 is 27.0 Å². The van der Waals surface area contributed by atoms with Crippen LogP contribution >= 0.6 is 11.6 Å². The summed E-state index contributed by atoms with van der Waals surface area (Å²) in [6, 6.07) is 7.56. The molecule has 0 saturated carbocycles. The van der Waals surface area contributed by atoms with Gasteiger partial charge in [-0.05, 0) is 17.2 Å². The first-order valence-electron chi connectivity index (χ1n) is 3.63. The Morgan fingerprint density at radius 1 is 1.29 bits per heavy atom. The molecule has 0 bridgehead atoms. The fourth-order valence-electron chi connectivity index (χ4n) is 1.05. The molecule has 1 rings (SSSR count). The van der Waals surface area contributed by atoms with Crippen molar-refractivity contribution in [3.05, 3.63) is 35.9 Å². The quantitative estimate of drug-likeness (QED) is 0.634. The van der Waals surface area contributed by atoms with Gasteiger partial charge < -0.3 is 0 Å². The molecule has 1 N–H and O–H groups in total. The van der Waals surface area contributed by atoms with Gasteiger partial charge in [-0.1, -0.05) is 30.3 Å². The van der Waals surface area contributed by atoms with Crippen LogP contribution < -0.4 is 0 Å². The molecule has 0 aliphatic heterocycles. The van der Waals surface area contributed by atoms with Crippen LogP contribution in [0.15, 0.2) is 30.3 Å². The molecule has 14 heavy (non-hydrogen) atoms. The monoisotopic (exact) mass is 234 g/mol. The molecule has 1 aromatic carbocycles. The minimum Gasteiger partial charge on any atom is -0.285 e. The van der Waals surface area contributed by atoms with E-state index in [4.69, 9.17) is 16.2 Å². The zero-order valence-corrected chi connectivity index (χ0v) is 8.49. The van der Waals surface area contributed by atoms with Crippen LogP contribution in [0.25, 0.3) is 0 Å². The van der Waals surface area contributed by atoms with Crippen LogP contribution in [0.2, 0.25) is 0 Å². The molecule has 1 unspecified atom stereocenters. The minimum atomic E-state index is -4.50. The highest BCUT2D eigenvalue weighted by Gasteiger charge is 2.31. The summed E-state index contributed by atoms with van der Waals surface area (Å²) in [6.45, 7) is 0. The van der Waals surface area contributed by atoms with Crippen molar-refractivity contribution in [1.82, 2.24) is 0 Å². The average Bonchev–Trinajstić information content (AvgIpc) is 2.02. The second-order valence-corrected chi connectivity index (χ2v) is 4.48. The highest BCUT2D eigenvalue weighted by atomic mass is 35.5. The molecule has 4 nitrogen and oxygen atoms in total. The highest BCUT2D eigenvalue weighted by Crippen LogP contribution is 2.23. The second-order valence-electron chi connectivity index (χ2n) is 2.61. The van der Waals surface area contributed by atoms with Crippen LogP contribution in [-0.2, 0) is 14.9 Å². The third-order valence-corrected chi connectivity index (χ3v) is 3.04. The van der Waals surface area contributed by atoms with Crippen LogP contribution in [0, 0.1) is 0 Å². The van der Waals surface area contributed by atoms with Crippen molar-refractivity contribution < 1.29 is 17.8 Å². The smallest absolute Gasteiger partial charge is 0.280 e. The molecule has 0 radical (unpaired) electrons. The Bertz CT molecular complexity index is 426. The summed E-state index contributed by atoms with van der Waals surface area (Å²) in [5, 5.41) is -2.83. The van der Waals surface area contributed by atoms with Gasteiger partial charge in [0.05, 0.1) is 0 Å². The third-order valence-electron chi connectivity index (χ3n) is 1.61. The third kappa shape index (κ3) is 2.54. The summed E-state index contributed by atoms with van der Waals surface area (Å²) in [4.78, 5) is 10.8. The van der Waals surface area contributed by atoms with E-state index in [1.165, 1.54) is 12.1 Å². The molecule has 0 heterocycles. The molecule has 0 fully saturated rings. The van der Waals surface area contributed by atoms with Crippen LogP contribution in [0.3, 0.4) is 0 Å². The molecule has 0 spiro atoms. The molecular formula is C8H7ClO4S.